The van der Waals surface area contributed by atoms with Crippen molar-refractivity contribution >= 4 is 63.7 Å². The van der Waals surface area contributed by atoms with Crippen LogP contribution in [0.25, 0.3) is 0 Å². The first-order valence-corrected chi connectivity index (χ1v) is 8.29. The van der Waals surface area contributed by atoms with Crippen LogP contribution in [0, 0.1) is 0 Å². The number of nitrogen functional groups attached to an aromatic ring is 1. The van der Waals surface area contributed by atoms with Crippen molar-refractivity contribution in [2.24, 2.45) is 5.10 Å². The third-order valence-electron chi connectivity index (χ3n) is 3.09. The number of pyridine rings is 1. The number of carbonyl (C=O) groups excluding carboxylic acids is 1. The van der Waals surface area contributed by atoms with Crippen molar-refractivity contribution in [3.63, 3.8) is 0 Å². The predicted octanol–water partition coefficient (Wildman–Crippen LogP) is 4.82. The van der Waals surface area contributed by atoms with Crippen molar-refractivity contribution in [3.05, 3.63) is 55.7 Å². The molecule has 5 nitrogen and oxygen atoms in total. The van der Waals surface area contributed by atoms with Gasteiger partial charge in [0.05, 0.1) is 16.4 Å². The Morgan fingerprint density at radius 2 is 1.79 bits per heavy atom. The Morgan fingerprint density at radius 3 is 2.38 bits per heavy atom. The van der Waals surface area contributed by atoms with Gasteiger partial charge in [-0.05, 0) is 24.1 Å². The normalized spacial score (nSPS) is 11.5. The predicted molar refractivity (Wildman–Crippen MR) is 99.4 cm³/mol. The third kappa shape index (κ3) is 4.11. The number of aromatic nitrogens is 1. The van der Waals surface area contributed by atoms with Crippen molar-refractivity contribution in [1.82, 2.24) is 10.4 Å². The molecular weight excluding hydrogens is 394 g/mol. The van der Waals surface area contributed by atoms with Gasteiger partial charge in [-0.2, -0.15) is 5.10 Å². The third-order valence-corrected chi connectivity index (χ3v) is 4.48. The molecule has 126 valence electrons. The van der Waals surface area contributed by atoms with Crippen LogP contribution in [0.1, 0.15) is 29.4 Å². The van der Waals surface area contributed by atoms with Gasteiger partial charge in [-0.1, -0.05) is 65.5 Å². The Hall–Kier alpha value is -1.53. The summed E-state index contributed by atoms with van der Waals surface area (Å²) in [4.78, 5) is 16.1. The summed E-state index contributed by atoms with van der Waals surface area (Å²) in [5, 5.41) is 4.52. The molecule has 0 radical (unpaired) electrons. The number of nitrogens with two attached hydrogens (primary N) is 1. The average molecular weight is 406 g/mol. The van der Waals surface area contributed by atoms with Crippen molar-refractivity contribution in [2.75, 3.05) is 5.73 Å². The fraction of sp³-hybridized carbons (Fsp3) is 0.133. The Kier molecular flexibility index (Phi) is 6.29. The molecular formula is C15H12Cl4N4O. The highest BCUT2D eigenvalue weighted by Gasteiger charge is 2.19. The molecule has 1 heterocycles. The molecule has 0 atom stereocenters. The van der Waals surface area contributed by atoms with Gasteiger partial charge in [-0.25, -0.2) is 10.4 Å². The van der Waals surface area contributed by atoms with Crippen LogP contribution in [0.4, 0.5) is 5.69 Å². The van der Waals surface area contributed by atoms with Gasteiger partial charge in [0.2, 0.25) is 0 Å². The van der Waals surface area contributed by atoms with E-state index in [1.807, 2.05) is 6.92 Å². The van der Waals surface area contributed by atoms with Crippen LogP contribution in [0.15, 0.2) is 29.4 Å². The lowest BCUT2D eigenvalue weighted by molar-refractivity contribution is 0.0950. The number of benzene rings is 1. The van der Waals surface area contributed by atoms with E-state index in [2.05, 4.69) is 15.5 Å². The number of hydrogen-bond donors (Lipinski definition) is 2. The SMILES string of the molecule is CC/C(=N\NC(=O)c1nc(Cl)c(Cl)c(N)c1Cl)c1ccc(Cl)cc1. The van der Waals surface area contributed by atoms with Gasteiger partial charge >= 0.3 is 0 Å². The van der Waals surface area contributed by atoms with E-state index in [0.717, 1.165) is 5.56 Å². The van der Waals surface area contributed by atoms with E-state index in [1.54, 1.807) is 24.3 Å². The van der Waals surface area contributed by atoms with Crippen LogP contribution in [-0.4, -0.2) is 16.6 Å². The first kappa shape index (κ1) is 18.8. The van der Waals surface area contributed by atoms with Crippen LogP contribution < -0.4 is 11.2 Å². The van der Waals surface area contributed by atoms with E-state index in [0.29, 0.717) is 17.2 Å². The number of nitrogens with zero attached hydrogens (tertiary/aromatic N) is 2. The summed E-state index contributed by atoms with van der Waals surface area (Å²) in [5.74, 6) is -0.648. The summed E-state index contributed by atoms with van der Waals surface area (Å²) in [6, 6.07) is 7.09. The zero-order chi connectivity index (χ0) is 17.9. The lowest BCUT2D eigenvalue weighted by Crippen LogP contribution is -2.22. The van der Waals surface area contributed by atoms with E-state index < -0.39 is 5.91 Å². The van der Waals surface area contributed by atoms with Crippen LogP contribution in [0.5, 0.6) is 0 Å². The Morgan fingerprint density at radius 1 is 1.17 bits per heavy atom. The van der Waals surface area contributed by atoms with E-state index in [-0.39, 0.29) is 26.6 Å². The number of hydrazone groups is 1. The summed E-state index contributed by atoms with van der Waals surface area (Å²) < 4.78 is 0. The lowest BCUT2D eigenvalue weighted by Gasteiger charge is -2.09. The van der Waals surface area contributed by atoms with Crippen LogP contribution in [-0.2, 0) is 0 Å². The van der Waals surface area contributed by atoms with Crippen LogP contribution in [0.3, 0.4) is 0 Å². The summed E-state index contributed by atoms with van der Waals surface area (Å²) in [5.41, 5.74) is 9.40. The van der Waals surface area contributed by atoms with E-state index in [9.17, 15) is 4.79 Å². The molecule has 0 aliphatic heterocycles. The number of amides is 1. The fourth-order valence-electron chi connectivity index (χ4n) is 1.84. The summed E-state index contributed by atoms with van der Waals surface area (Å²) in [6.07, 6.45) is 0.590. The van der Waals surface area contributed by atoms with Crippen molar-refractivity contribution in [2.45, 2.75) is 13.3 Å². The van der Waals surface area contributed by atoms with Crippen molar-refractivity contribution in [3.8, 4) is 0 Å². The topological polar surface area (TPSA) is 80.4 Å². The molecule has 0 aliphatic rings. The summed E-state index contributed by atoms with van der Waals surface area (Å²) >= 11 is 23.5. The van der Waals surface area contributed by atoms with Gasteiger partial charge in [0, 0.05) is 5.02 Å². The molecule has 0 unspecified atom stereocenters. The summed E-state index contributed by atoms with van der Waals surface area (Å²) in [7, 11) is 0. The molecule has 2 rings (SSSR count). The molecule has 0 saturated carbocycles. The zero-order valence-corrected chi connectivity index (χ0v) is 15.4. The van der Waals surface area contributed by atoms with Crippen LogP contribution in [0.2, 0.25) is 20.2 Å². The number of hydrogen-bond acceptors (Lipinski definition) is 4. The largest absolute Gasteiger partial charge is 0.396 e. The molecule has 1 amide bonds. The van der Waals surface area contributed by atoms with Gasteiger partial charge in [-0.3, -0.25) is 4.79 Å². The highest BCUT2D eigenvalue weighted by atomic mass is 35.5. The Bertz CT molecular complexity index is 806. The maximum absolute atomic E-state index is 12.2. The standard InChI is InChI=1S/C15H12Cl4N4O/c1-2-9(7-3-5-8(16)6-4-7)22-23-15(24)13-10(17)12(20)11(18)14(19)21-13/h3-6H,2H2,1H3,(H2,20,21)(H,23,24)/b22-9+. The molecule has 9 heteroatoms. The minimum Gasteiger partial charge on any atom is -0.396 e. The van der Waals surface area contributed by atoms with Gasteiger partial charge in [0.15, 0.2) is 10.8 Å². The molecule has 0 bridgehead atoms. The number of nitrogens with one attached hydrogen (secondary N) is 1. The molecule has 0 fully saturated rings. The molecule has 0 saturated heterocycles. The van der Waals surface area contributed by atoms with Gasteiger partial charge in [-0.15, -0.1) is 0 Å². The molecule has 24 heavy (non-hydrogen) atoms. The summed E-state index contributed by atoms with van der Waals surface area (Å²) in [6.45, 7) is 1.90. The molecule has 2 aromatic rings. The number of carbonyl (C=O) groups is 1. The van der Waals surface area contributed by atoms with Gasteiger partial charge < -0.3 is 5.73 Å². The quantitative estimate of drug-likeness (QED) is 0.434. The van der Waals surface area contributed by atoms with Gasteiger partial charge in [0.1, 0.15) is 5.02 Å². The van der Waals surface area contributed by atoms with Gasteiger partial charge in [0.25, 0.3) is 5.91 Å². The second-order valence-corrected chi connectivity index (χ2v) is 6.20. The van der Waals surface area contributed by atoms with E-state index in [4.69, 9.17) is 52.1 Å². The minimum absolute atomic E-state index is 0.00266. The highest BCUT2D eigenvalue weighted by molar-refractivity contribution is 6.46. The Labute approximate surface area is 158 Å². The second-order valence-electron chi connectivity index (χ2n) is 4.65. The first-order chi connectivity index (χ1) is 11.3. The molecule has 0 spiro atoms. The van der Waals surface area contributed by atoms with Crippen molar-refractivity contribution in [1.29, 1.82) is 0 Å². The maximum Gasteiger partial charge on any atom is 0.291 e. The van der Waals surface area contributed by atoms with Crippen LogP contribution >= 0.6 is 46.4 Å². The van der Waals surface area contributed by atoms with E-state index >= 15 is 0 Å². The van der Waals surface area contributed by atoms with Crippen molar-refractivity contribution < 1.29 is 4.79 Å². The fourth-order valence-corrected chi connectivity index (χ4v) is 2.56. The van der Waals surface area contributed by atoms with E-state index in [1.165, 1.54) is 0 Å². The number of halogens is 4. The Balaban J connectivity index is 2.27. The molecule has 3 N–H and O–H groups in total. The molecule has 0 aliphatic carbocycles. The monoisotopic (exact) mass is 404 g/mol. The zero-order valence-electron chi connectivity index (χ0n) is 12.4. The first-order valence-electron chi connectivity index (χ1n) is 6.78. The molecule has 1 aromatic carbocycles. The smallest absolute Gasteiger partial charge is 0.291 e. The number of anilines is 1. The number of rotatable bonds is 4. The maximum atomic E-state index is 12.2. The lowest BCUT2D eigenvalue weighted by atomic mass is 10.1. The average Bonchev–Trinajstić information content (AvgIpc) is 2.58. The second kappa shape index (κ2) is 8.03. The minimum atomic E-state index is -0.648. The molecule has 1 aromatic heterocycles. The highest BCUT2D eigenvalue weighted by Crippen LogP contribution is 2.34.